The van der Waals surface area contributed by atoms with E-state index in [0.29, 0.717) is 22.1 Å². The lowest BCUT2D eigenvalue weighted by Gasteiger charge is -2.29. The number of anilines is 1. The smallest absolute Gasteiger partial charge is 0.433 e. The molecule has 1 aliphatic carbocycles. The summed E-state index contributed by atoms with van der Waals surface area (Å²) in [6.45, 7) is 0.0148. The van der Waals surface area contributed by atoms with Gasteiger partial charge in [-0.3, -0.25) is 9.20 Å². The molecule has 1 amide bonds. The zero-order chi connectivity index (χ0) is 23.8. The molecular formula is C22H16ClF3N6O2. The fraction of sp³-hybridized carbons (Fsp3) is 0.273. The van der Waals surface area contributed by atoms with E-state index in [-0.39, 0.29) is 40.8 Å². The van der Waals surface area contributed by atoms with Crippen molar-refractivity contribution in [3.8, 4) is 5.88 Å². The van der Waals surface area contributed by atoms with Crippen LogP contribution in [0.3, 0.4) is 0 Å². The van der Waals surface area contributed by atoms with Crippen molar-refractivity contribution in [2.45, 2.75) is 31.1 Å². The number of carbonyl (C=O) groups is 1. The van der Waals surface area contributed by atoms with Gasteiger partial charge in [-0.25, -0.2) is 15.0 Å². The molecule has 3 aromatic heterocycles. The Morgan fingerprint density at radius 1 is 1.21 bits per heavy atom. The summed E-state index contributed by atoms with van der Waals surface area (Å²) in [5, 5.41) is 0.194. The first-order chi connectivity index (χ1) is 16.2. The van der Waals surface area contributed by atoms with Crippen molar-refractivity contribution in [2.75, 3.05) is 12.3 Å². The lowest BCUT2D eigenvalue weighted by molar-refractivity contribution is -0.141. The van der Waals surface area contributed by atoms with Crippen LogP contribution in [0, 0.1) is 0 Å². The highest BCUT2D eigenvalue weighted by Gasteiger charge is 2.44. The van der Waals surface area contributed by atoms with E-state index >= 15 is 0 Å². The average Bonchev–Trinajstić information content (AvgIpc) is 3.32. The van der Waals surface area contributed by atoms with E-state index in [0.717, 1.165) is 18.9 Å². The summed E-state index contributed by atoms with van der Waals surface area (Å²) >= 11 is 6.50. The first kappa shape index (κ1) is 21.0. The summed E-state index contributed by atoms with van der Waals surface area (Å²) in [7, 11) is 0. The standard InChI is InChI=1S/C22H16ClF3N6O2/c23-13-6-14-15(31-9-28-7-16(31)19(27)29-14)5-12(13)21(33)32(10-1-2-10)17-8-34-20-11(17)3-4-18(30-20)22(24,25)26/h3-7,9-10,17H,1-2,8H2,(H2,27,29)/t17-/m1/s1. The van der Waals surface area contributed by atoms with Crippen molar-refractivity contribution in [1.29, 1.82) is 0 Å². The van der Waals surface area contributed by atoms with Crippen LogP contribution >= 0.6 is 11.6 Å². The highest BCUT2D eigenvalue weighted by atomic mass is 35.5. The number of nitrogens with zero attached hydrogens (tertiary/aromatic N) is 5. The lowest BCUT2D eigenvalue weighted by Crippen LogP contribution is -2.37. The van der Waals surface area contributed by atoms with Crippen molar-refractivity contribution in [3.63, 3.8) is 0 Å². The van der Waals surface area contributed by atoms with Gasteiger partial charge >= 0.3 is 6.18 Å². The molecule has 0 radical (unpaired) electrons. The van der Waals surface area contributed by atoms with Crippen LogP contribution in [0.15, 0.2) is 36.8 Å². The maximum absolute atomic E-state index is 13.8. The van der Waals surface area contributed by atoms with E-state index < -0.39 is 17.9 Å². The van der Waals surface area contributed by atoms with Gasteiger partial charge in [-0.05, 0) is 37.1 Å². The molecule has 0 bridgehead atoms. The van der Waals surface area contributed by atoms with Gasteiger partial charge < -0.3 is 15.4 Å². The number of alkyl halides is 3. The summed E-state index contributed by atoms with van der Waals surface area (Å²) in [4.78, 5) is 27.5. The molecule has 2 aliphatic rings. The number of nitrogen functional groups attached to an aromatic ring is 1. The maximum atomic E-state index is 13.8. The van der Waals surface area contributed by atoms with Crippen molar-refractivity contribution in [3.05, 3.63) is 58.6 Å². The molecule has 12 heteroatoms. The monoisotopic (exact) mass is 488 g/mol. The zero-order valence-corrected chi connectivity index (χ0v) is 18.1. The Morgan fingerprint density at radius 2 is 2.00 bits per heavy atom. The van der Waals surface area contributed by atoms with Crippen LogP contribution < -0.4 is 10.5 Å². The second kappa shape index (κ2) is 7.20. The third kappa shape index (κ3) is 3.22. The van der Waals surface area contributed by atoms with Crippen LogP contribution in [-0.2, 0) is 6.18 Å². The number of hydrogen-bond donors (Lipinski definition) is 1. The van der Waals surface area contributed by atoms with Crippen LogP contribution in [0.1, 0.15) is 40.5 Å². The Labute approximate surface area is 195 Å². The topological polar surface area (TPSA) is 98.6 Å². The third-order valence-electron chi connectivity index (χ3n) is 6.12. The summed E-state index contributed by atoms with van der Waals surface area (Å²) in [6.07, 6.45) is 0.115. The van der Waals surface area contributed by atoms with Crippen LogP contribution in [0.5, 0.6) is 5.88 Å². The lowest BCUT2D eigenvalue weighted by atomic mass is 10.1. The molecule has 1 atom stereocenters. The number of hydrogen-bond acceptors (Lipinski definition) is 6. The highest BCUT2D eigenvalue weighted by molar-refractivity contribution is 6.34. The fourth-order valence-electron chi connectivity index (χ4n) is 4.37. The van der Waals surface area contributed by atoms with Crippen molar-refractivity contribution < 1.29 is 22.7 Å². The number of imidazole rings is 1. The molecule has 174 valence electrons. The Bertz CT molecular complexity index is 1480. The molecule has 1 aromatic carbocycles. The van der Waals surface area contributed by atoms with Gasteiger partial charge in [0.1, 0.15) is 23.6 Å². The van der Waals surface area contributed by atoms with Crippen LogP contribution in [0.4, 0.5) is 19.0 Å². The van der Waals surface area contributed by atoms with Crippen molar-refractivity contribution >= 4 is 39.9 Å². The van der Waals surface area contributed by atoms with E-state index in [1.54, 1.807) is 34.0 Å². The van der Waals surface area contributed by atoms with Gasteiger partial charge in [0.25, 0.3) is 5.91 Å². The van der Waals surface area contributed by atoms with Gasteiger partial charge in [-0.15, -0.1) is 0 Å². The minimum Gasteiger partial charge on any atom is -0.475 e. The summed E-state index contributed by atoms with van der Waals surface area (Å²) < 4.78 is 46.4. The summed E-state index contributed by atoms with van der Waals surface area (Å²) in [6, 6.07) is 4.80. The van der Waals surface area contributed by atoms with Gasteiger partial charge in [0.15, 0.2) is 0 Å². The number of amides is 1. The number of halogens is 4. The van der Waals surface area contributed by atoms with E-state index in [1.807, 2.05) is 0 Å². The first-order valence-electron chi connectivity index (χ1n) is 10.5. The average molecular weight is 489 g/mol. The summed E-state index contributed by atoms with van der Waals surface area (Å²) in [5.74, 6) is -0.172. The van der Waals surface area contributed by atoms with Gasteiger partial charge in [-0.1, -0.05) is 11.6 Å². The highest BCUT2D eigenvalue weighted by Crippen LogP contribution is 2.43. The summed E-state index contributed by atoms with van der Waals surface area (Å²) in [5.41, 5.74) is 7.34. The van der Waals surface area contributed by atoms with E-state index in [1.165, 1.54) is 6.07 Å². The second-order valence-electron chi connectivity index (χ2n) is 8.33. The molecule has 0 unspecified atom stereocenters. The molecule has 8 nitrogen and oxygen atoms in total. The number of pyridine rings is 1. The Balaban J connectivity index is 1.42. The number of carbonyl (C=O) groups excluding carboxylic acids is 1. The molecule has 6 rings (SSSR count). The first-order valence-corrected chi connectivity index (χ1v) is 10.8. The Morgan fingerprint density at radius 3 is 2.74 bits per heavy atom. The Kier molecular flexibility index (Phi) is 4.44. The van der Waals surface area contributed by atoms with Crippen molar-refractivity contribution in [1.82, 2.24) is 24.3 Å². The minimum atomic E-state index is -4.59. The molecular weight excluding hydrogens is 473 g/mol. The molecule has 0 spiro atoms. The molecule has 1 saturated carbocycles. The number of rotatable bonds is 3. The molecule has 0 saturated heterocycles. The van der Waals surface area contributed by atoms with Gasteiger partial charge in [0.05, 0.1) is 40.2 Å². The number of nitrogens with two attached hydrogens (primary N) is 1. The predicted octanol–water partition coefficient (Wildman–Crippen LogP) is 4.27. The van der Waals surface area contributed by atoms with E-state index in [9.17, 15) is 18.0 Å². The second-order valence-corrected chi connectivity index (χ2v) is 8.73. The molecule has 1 fully saturated rings. The molecule has 34 heavy (non-hydrogen) atoms. The minimum absolute atomic E-state index is 0.0148. The van der Waals surface area contributed by atoms with Crippen molar-refractivity contribution in [2.24, 2.45) is 0 Å². The van der Waals surface area contributed by atoms with Gasteiger partial charge in [-0.2, -0.15) is 13.2 Å². The van der Waals surface area contributed by atoms with E-state index in [2.05, 4.69) is 15.0 Å². The van der Waals surface area contributed by atoms with Crippen LogP contribution in [0.2, 0.25) is 5.02 Å². The Hall–Kier alpha value is -3.60. The number of fused-ring (bicyclic) bond motifs is 4. The number of aromatic nitrogens is 4. The maximum Gasteiger partial charge on any atom is 0.433 e. The van der Waals surface area contributed by atoms with Crippen LogP contribution in [-0.4, -0.2) is 42.8 Å². The van der Waals surface area contributed by atoms with Crippen LogP contribution in [0.25, 0.3) is 16.6 Å². The largest absolute Gasteiger partial charge is 0.475 e. The third-order valence-corrected chi connectivity index (χ3v) is 6.44. The zero-order valence-electron chi connectivity index (χ0n) is 17.4. The molecule has 4 heterocycles. The quantitative estimate of drug-likeness (QED) is 0.462. The molecule has 4 aromatic rings. The predicted molar refractivity (Wildman–Crippen MR) is 117 cm³/mol. The van der Waals surface area contributed by atoms with Gasteiger partial charge in [0.2, 0.25) is 5.88 Å². The number of benzene rings is 1. The number of ether oxygens (including phenoxy) is 1. The molecule has 2 N–H and O–H groups in total. The normalized spacial score (nSPS) is 17.7. The van der Waals surface area contributed by atoms with Gasteiger partial charge in [0, 0.05) is 11.6 Å². The molecule has 1 aliphatic heterocycles. The fourth-order valence-corrected chi connectivity index (χ4v) is 4.61. The van der Waals surface area contributed by atoms with E-state index in [4.69, 9.17) is 22.1 Å². The SMILES string of the molecule is Nc1nc2cc(Cl)c(C(=O)N(C3CC3)[C@@H]3COc4nc(C(F)(F)F)ccc43)cc2n2cncc12.